The van der Waals surface area contributed by atoms with Crippen LogP contribution in [-0.4, -0.2) is 25.5 Å². The molecule has 0 aromatic heterocycles. The lowest BCUT2D eigenvalue weighted by Gasteiger charge is -2.21. The van der Waals surface area contributed by atoms with E-state index in [-0.39, 0.29) is 0 Å². The van der Waals surface area contributed by atoms with Crippen molar-refractivity contribution in [1.29, 1.82) is 0 Å². The monoisotopic (exact) mass is 232 g/mol. The van der Waals surface area contributed by atoms with Gasteiger partial charge in [0.2, 0.25) is 0 Å². The number of hydrogen-bond acceptors (Lipinski definition) is 2. The molecular weight excluding hydrogens is 208 g/mol. The van der Waals surface area contributed by atoms with Crippen LogP contribution < -0.4 is 5.32 Å². The van der Waals surface area contributed by atoms with E-state index in [0.717, 1.165) is 12.5 Å². The first-order valence-electron chi connectivity index (χ1n) is 6.73. The second kappa shape index (κ2) is 6.06. The van der Waals surface area contributed by atoms with Crippen molar-refractivity contribution in [3.05, 3.63) is 29.8 Å². The minimum atomic E-state index is 0.937. The second-order valence-electron chi connectivity index (χ2n) is 5.30. The SMILES string of the molecule is CNc1cccc(CN(C)CC2CCCC2)c1. The lowest BCUT2D eigenvalue weighted by atomic mass is 10.1. The van der Waals surface area contributed by atoms with Gasteiger partial charge in [0.1, 0.15) is 0 Å². The van der Waals surface area contributed by atoms with Crippen LogP contribution in [0.1, 0.15) is 31.2 Å². The number of hydrogen-bond donors (Lipinski definition) is 1. The molecule has 1 aliphatic rings. The van der Waals surface area contributed by atoms with E-state index in [9.17, 15) is 0 Å². The van der Waals surface area contributed by atoms with Gasteiger partial charge in [-0.15, -0.1) is 0 Å². The van der Waals surface area contributed by atoms with E-state index >= 15 is 0 Å². The van der Waals surface area contributed by atoms with Crippen LogP contribution in [0.3, 0.4) is 0 Å². The maximum atomic E-state index is 3.20. The summed E-state index contributed by atoms with van der Waals surface area (Å²) in [5.74, 6) is 0.937. The van der Waals surface area contributed by atoms with Crippen molar-refractivity contribution >= 4 is 5.69 Å². The van der Waals surface area contributed by atoms with Gasteiger partial charge >= 0.3 is 0 Å². The molecule has 2 nitrogen and oxygen atoms in total. The van der Waals surface area contributed by atoms with Crippen LogP contribution in [-0.2, 0) is 6.54 Å². The van der Waals surface area contributed by atoms with Gasteiger partial charge < -0.3 is 10.2 Å². The van der Waals surface area contributed by atoms with Gasteiger partial charge in [-0.3, -0.25) is 0 Å². The first-order chi connectivity index (χ1) is 8.28. The summed E-state index contributed by atoms with van der Waals surface area (Å²) < 4.78 is 0. The standard InChI is InChI=1S/C15H24N2/c1-16-15-9-5-8-14(10-15)12-17(2)11-13-6-3-4-7-13/h5,8-10,13,16H,3-4,6-7,11-12H2,1-2H3. The van der Waals surface area contributed by atoms with Crippen LogP contribution in [0.5, 0.6) is 0 Å². The molecule has 1 aromatic rings. The molecule has 94 valence electrons. The fraction of sp³-hybridized carbons (Fsp3) is 0.600. The number of benzene rings is 1. The molecule has 17 heavy (non-hydrogen) atoms. The molecular formula is C15H24N2. The Kier molecular flexibility index (Phi) is 4.43. The molecule has 0 aliphatic heterocycles. The second-order valence-corrected chi connectivity index (χ2v) is 5.30. The van der Waals surface area contributed by atoms with Crippen LogP contribution in [0.15, 0.2) is 24.3 Å². The lowest BCUT2D eigenvalue weighted by molar-refractivity contribution is 0.271. The summed E-state index contributed by atoms with van der Waals surface area (Å²) in [7, 11) is 4.21. The summed E-state index contributed by atoms with van der Waals surface area (Å²) in [6.07, 6.45) is 5.74. The average molecular weight is 232 g/mol. The minimum absolute atomic E-state index is 0.937. The summed E-state index contributed by atoms with van der Waals surface area (Å²) in [5.41, 5.74) is 2.61. The topological polar surface area (TPSA) is 15.3 Å². The number of rotatable bonds is 5. The molecule has 0 amide bonds. The molecule has 0 spiro atoms. The number of anilines is 1. The van der Waals surface area contributed by atoms with Crippen LogP contribution in [0.25, 0.3) is 0 Å². The van der Waals surface area contributed by atoms with Gasteiger partial charge in [0.15, 0.2) is 0 Å². The first-order valence-corrected chi connectivity index (χ1v) is 6.73. The Morgan fingerprint density at radius 3 is 2.76 bits per heavy atom. The van der Waals surface area contributed by atoms with Crippen molar-refractivity contribution in [3.8, 4) is 0 Å². The van der Waals surface area contributed by atoms with E-state index in [1.54, 1.807) is 0 Å². The predicted octanol–water partition coefficient (Wildman–Crippen LogP) is 3.35. The Labute approximate surface area is 105 Å². The Morgan fingerprint density at radius 1 is 1.29 bits per heavy atom. The smallest absolute Gasteiger partial charge is 0.0340 e. The van der Waals surface area contributed by atoms with Crippen LogP contribution in [0.4, 0.5) is 5.69 Å². The van der Waals surface area contributed by atoms with E-state index in [2.05, 4.69) is 41.5 Å². The summed E-state index contributed by atoms with van der Waals surface area (Å²) in [4.78, 5) is 2.46. The normalized spacial score (nSPS) is 16.6. The Bertz CT molecular complexity index is 343. The summed E-state index contributed by atoms with van der Waals surface area (Å²) in [5, 5.41) is 3.20. The molecule has 0 atom stereocenters. The molecule has 0 bridgehead atoms. The van der Waals surface area contributed by atoms with E-state index in [1.807, 2.05) is 7.05 Å². The third-order valence-electron chi connectivity index (χ3n) is 3.71. The summed E-state index contributed by atoms with van der Waals surface area (Å²) in [6, 6.07) is 8.70. The van der Waals surface area contributed by atoms with Gasteiger partial charge in [-0.1, -0.05) is 25.0 Å². The molecule has 1 aliphatic carbocycles. The van der Waals surface area contributed by atoms with Crippen molar-refractivity contribution in [2.45, 2.75) is 32.2 Å². The quantitative estimate of drug-likeness (QED) is 0.837. The van der Waals surface area contributed by atoms with E-state index in [1.165, 1.54) is 43.5 Å². The van der Waals surface area contributed by atoms with Gasteiger partial charge in [0.25, 0.3) is 0 Å². The molecule has 0 saturated heterocycles. The zero-order valence-electron chi connectivity index (χ0n) is 11.1. The van der Waals surface area contributed by atoms with Crippen molar-refractivity contribution in [1.82, 2.24) is 4.90 Å². The highest BCUT2D eigenvalue weighted by molar-refractivity contribution is 5.44. The molecule has 2 heteroatoms. The Morgan fingerprint density at radius 2 is 2.06 bits per heavy atom. The maximum Gasteiger partial charge on any atom is 0.0340 e. The molecule has 0 radical (unpaired) electrons. The number of nitrogens with one attached hydrogen (secondary N) is 1. The van der Waals surface area contributed by atoms with Crippen LogP contribution in [0.2, 0.25) is 0 Å². The van der Waals surface area contributed by atoms with Gasteiger partial charge in [0.05, 0.1) is 0 Å². The highest BCUT2D eigenvalue weighted by Gasteiger charge is 2.16. The van der Waals surface area contributed by atoms with Gasteiger partial charge in [0, 0.05) is 25.8 Å². The molecule has 1 N–H and O–H groups in total. The molecule has 0 unspecified atom stereocenters. The fourth-order valence-electron chi connectivity index (χ4n) is 2.84. The van der Waals surface area contributed by atoms with Crippen molar-refractivity contribution < 1.29 is 0 Å². The zero-order chi connectivity index (χ0) is 12.1. The van der Waals surface area contributed by atoms with E-state index < -0.39 is 0 Å². The van der Waals surface area contributed by atoms with Crippen molar-refractivity contribution in [2.24, 2.45) is 5.92 Å². The Balaban J connectivity index is 1.85. The lowest BCUT2D eigenvalue weighted by Crippen LogP contribution is -2.24. The van der Waals surface area contributed by atoms with Crippen LogP contribution >= 0.6 is 0 Å². The van der Waals surface area contributed by atoms with Gasteiger partial charge in [-0.2, -0.15) is 0 Å². The fourth-order valence-corrected chi connectivity index (χ4v) is 2.84. The predicted molar refractivity (Wildman–Crippen MR) is 74.3 cm³/mol. The Hall–Kier alpha value is -1.02. The van der Waals surface area contributed by atoms with Gasteiger partial charge in [-0.05, 0) is 43.5 Å². The first kappa shape index (κ1) is 12.4. The van der Waals surface area contributed by atoms with E-state index in [4.69, 9.17) is 0 Å². The third kappa shape index (κ3) is 3.74. The third-order valence-corrected chi connectivity index (χ3v) is 3.71. The molecule has 1 aromatic carbocycles. The van der Waals surface area contributed by atoms with E-state index in [0.29, 0.717) is 0 Å². The van der Waals surface area contributed by atoms with Gasteiger partial charge in [-0.25, -0.2) is 0 Å². The highest BCUT2D eigenvalue weighted by atomic mass is 15.1. The largest absolute Gasteiger partial charge is 0.388 e. The zero-order valence-corrected chi connectivity index (χ0v) is 11.1. The summed E-state index contributed by atoms with van der Waals surface area (Å²) >= 11 is 0. The number of nitrogens with zero attached hydrogens (tertiary/aromatic N) is 1. The highest BCUT2D eigenvalue weighted by Crippen LogP contribution is 2.25. The maximum absolute atomic E-state index is 3.20. The molecule has 1 saturated carbocycles. The minimum Gasteiger partial charge on any atom is -0.388 e. The van der Waals surface area contributed by atoms with Crippen molar-refractivity contribution in [3.63, 3.8) is 0 Å². The van der Waals surface area contributed by atoms with Crippen LogP contribution in [0, 0.1) is 5.92 Å². The van der Waals surface area contributed by atoms with Crippen molar-refractivity contribution in [2.75, 3.05) is 26.0 Å². The molecule has 0 heterocycles. The average Bonchev–Trinajstić information content (AvgIpc) is 2.82. The molecule has 1 fully saturated rings. The molecule has 2 rings (SSSR count). The summed E-state index contributed by atoms with van der Waals surface area (Å²) in [6.45, 7) is 2.32.